The summed E-state index contributed by atoms with van der Waals surface area (Å²) < 4.78 is 25.0. The highest BCUT2D eigenvalue weighted by atomic mass is 32.2. The van der Waals surface area contributed by atoms with Gasteiger partial charge in [0.1, 0.15) is 5.75 Å². The fourth-order valence-electron chi connectivity index (χ4n) is 2.18. The van der Waals surface area contributed by atoms with Gasteiger partial charge in [-0.2, -0.15) is 13.5 Å². The fourth-order valence-corrected chi connectivity index (χ4v) is 3.24. The molecule has 0 heterocycles. The molecule has 0 aliphatic heterocycles. The molecule has 6 heteroatoms. The lowest BCUT2D eigenvalue weighted by molar-refractivity contribution is 0.475. The Morgan fingerprint density at radius 1 is 1.12 bits per heavy atom. The first-order valence-electron chi connectivity index (χ1n) is 7.55. The second-order valence-electron chi connectivity index (χ2n) is 6.68. The van der Waals surface area contributed by atoms with Crippen molar-refractivity contribution in [3.63, 3.8) is 0 Å². The molecule has 0 unspecified atom stereocenters. The van der Waals surface area contributed by atoms with Crippen molar-refractivity contribution in [1.29, 1.82) is 0 Å². The van der Waals surface area contributed by atoms with Gasteiger partial charge in [-0.05, 0) is 47.2 Å². The molecule has 0 aliphatic rings. The van der Waals surface area contributed by atoms with Crippen LogP contribution >= 0.6 is 0 Å². The number of aryl methyl sites for hydroxylation is 1. The summed E-state index contributed by atoms with van der Waals surface area (Å²) in [4.78, 5) is 2.43. The summed E-state index contributed by atoms with van der Waals surface area (Å²) in [6, 6.07) is 11.8. The van der Waals surface area contributed by atoms with Crippen LogP contribution in [-0.2, 0) is 15.4 Å². The SMILES string of the molecule is Cc1ccc(C(C)(C)C)cc1S(=O)(=O)N/N=C/c1cccc(O)c1. The molecule has 24 heavy (non-hydrogen) atoms. The molecule has 0 radical (unpaired) electrons. The Balaban J connectivity index is 2.27. The average Bonchev–Trinajstić information content (AvgIpc) is 2.46. The maximum Gasteiger partial charge on any atom is 0.276 e. The number of rotatable bonds is 4. The van der Waals surface area contributed by atoms with Gasteiger partial charge in [-0.3, -0.25) is 0 Å². The fraction of sp³-hybridized carbons (Fsp3) is 0.278. The van der Waals surface area contributed by atoms with Gasteiger partial charge >= 0.3 is 0 Å². The van der Waals surface area contributed by atoms with Gasteiger partial charge in [0.15, 0.2) is 0 Å². The minimum atomic E-state index is -3.76. The highest BCUT2D eigenvalue weighted by molar-refractivity contribution is 7.89. The Morgan fingerprint density at radius 2 is 1.83 bits per heavy atom. The van der Waals surface area contributed by atoms with Crippen LogP contribution in [-0.4, -0.2) is 19.7 Å². The van der Waals surface area contributed by atoms with Crippen LogP contribution in [0.5, 0.6) is 5.75 Å². The van der Waals surface area contributed by atoms with Crippen molar-refractivity contribution in [3.8, 4) is 5.75 Å². The maximum absolute atomic E-state index is 12.5. The number of nitrogens with zero attached hydrogens (tertiary/aromatic N) is 1. The summed E-state index contributed by atoms with van der Waals surface area (Å²) in [6.07, 6.45) is 1.35. The lowest BCUT2D eigenvalue weighted by Gasteiger charge is -2.20. The summed E-state index contributed by atoms with van der Waals surface area (Å²) >= 11 is 0. The van der Waals surface area contributed by atoms with Gasteiger partial charge in [0.2, 0.25) is 0 Å². The van der Waals surface area contributed by atoms with E-state index in [4.69, 9.17) is 0 Å². The first-order chi connectivity index (χ1) is 11.1. The highest BCUT2D eigenvalue weighted by Crippen LogP contribution is 2.26. The predicted molar refractivity (Wildman–Crippen MR) is 95.9 cm³/mol. The standard InChI is InChI=1S/C18H22N2O3S/c1-13-8-9-15(18(2,3)4)11-17(13)24(22,23)20-19-12-14-6-5-7-16(21)10-14/h5-12,20-21H,1-4H3/b19-12+. The minimum absolute atomic E-state index is 0.0931. The van der Waals surface area contributed by atoms with Gasteiger partial charge < -0.3 is 5.11 Å². The zero-order valence-electron chi connectivity index (χ0n) is 14.2. The van der Waals surface area contributed by atoms with Crippen molar-refractivity contribution >= 4 is 16.2 Å². The summed E-state index contributed by atoms with van der Waals surface area (Å²) in [5.41, 5.74) is 2.04. The molecule has 128 valence electrons. The number of nitrogens with one attached hydrogen (secondary N) is 1. The van der Waals surface area contributed by atoms with E-state index in [0.717, 1.165) is 5.56 Å². The second kappa shape index (κ2) is 6.65. The predicted octanol–water partition coefficient (Wildman–Crippen LogP) is 3.31. The first kappa shape index (κ1) is 18.0. The number of aromatic hydroxyl groups is 1. The molecule has 0 bridgehead atoms. The van der Waals surface area contributed by atoms with E-state index in [9.17, 15) is 13.5 Å². The molecule has 2 aromatic carbocycles. The van der Waals surface area contributed by atoms with E-state index < -0.39 is 10.0 Å². The van der Waals surface area contributed by atoms with Gasteiger partial charge in [-0.25, -0.2) is 4.83 Å². The molecule has 2 N–H and O–H groups in total. The largest absolute Gasteiger partial charge is 0.508 e. The summed E-state index contributed by atoms with van der Waals surface area (Å²) in [6.45, 7) is 7.84. The smallest absolute Gasteiger partial charge is 0.276 e. The van der Waals surface area contributed by atoms with E-state index in [1.54, 1.807) is 31.2 Å². The summed E-state index contributed by atoms with van der Waals surface area (Å²) in [7, 11) is -3.76. The topological polar surface area (TPSA) is 78.8 Å². The molecule has 0 aliphatic carbocycles. The highest BCUT2D eigenvalue weighted by Gasteiger charge is 2.20. The van der Waals surface area contributed by atoms with E-state index in [0.29, 0.717) is 11.1 Å². The van der Waals surface area contributed by atoms with E-state index in [-0.39, 0.29) is 16.1 Å². The van der Waals surface area contributed by atoms with Crippen LogP contribution in [0.2, 0.25) is 0 Å². The quantitative estimate of drug-likeness (QED) is 0.658. The molecule has 2 aromatic rings. The lowest BCUT2D eigenvalue weighted by Crippen LogP contribution is -2.21. The number of benzene rings is 2. The number of sulfonamides is 1. The molecule has 5 nitrogen and oxygen atoms in total. The van der Waals surface area contributed by atoms with Crippen LogP contribution in [0.4, 0.5) is 0 Å². The average molecular weight is 346 g/mol. The summed E-state index contributed by atoms with van der Waals surface area (Å²) in [5, 5.41) is 13.2. The zero-order chi connectivity index (χ0) is 18.0. The Bertz CT molecular complexity index is 866. The van der Waals surface area contributed by atoms with Crippen LogP contribution in [0, 0.1) is 6.92 Å². The molecule has 0 fully saturated rings. The lowest BCUT2D eigenvalue weighted by atomic mass is 9.87. The molecule has 0 aromatic heterocycles. The second-order valence-corrected chi connectivity index (χ2v) is 8.31. The molecular weight excluding hydrogens is 324 g/mol. The Hall–Kier alpha value is -2.34. The zero-order valence-corrected chi connectivity index (χ0v) is 15.1. The Labute approximate surface area is 143 Å². The van der Waals surface area contributed by atoms with Crippen LogP contribution in [0.3, 0.4) is 0 Å². The third kappa shape index (κ3) is 4.35. The van der Waals surface area contributed by atoms with Gasteiger partial charge in [-0.15, -0.1) is 0 Å². The van der Waals surface area contributed by atoms with E-state index in [1.165, 1.54) is 18.3 Å². The minimum Gasteiger partial charge on any atom is -0.508 e. The van der Waals surface area contributed by atoms with Crippen molar-refractivity contribution in [3.05, 3.63) is 59.2 Å². The molecule has 2 rings (SSSR count). The molecule has 0 amide bonds. The van der Waals surface area contributed by atoms with E-state index in [1.807, 2.05) is 26.8 Å². The van der Waals surface area contributed by atoms with Gasteiger partial charge in [0, 0.05) is 0 Å². The molecule has 0 atom stereocenters. The van der Waals surface area contributed by atoms with Crippen molar-refractivity contribution in [2.45, 2.75) is 38.0 Å². The van der Waals surface area contributed by atoms with Gasteiger partial charge in [0.05, 0.1) is 11.1 Å². The third-order valence-electron chi connectivity index (χ3n) is 3.60. The van der Waals surface area contributed by atoms with Gasteiger partial charge in [0.25, 0.3) is 10.0 Å². The molecule has 0 spiro atoms. The van der Waals surface area contributed by atoms with Crippen molar-refractivity contribution in [2.75, 3.05) is 0 Å². The summed E-state index contributed by atoms with van der Waals surface area (Å²) in [5.74, 6) is 0.0931. The number of hydrogen-bond acceptors (Lipinski definition) is 4. The first-order valence-corrected chi connectivity index (χ1v) is 9.03. The normalized spacial score (nSPS) is 12.5. The molecule has 0 saturated heterocycles. The number of hydrogen-bond donors (Lipinski definition) is 2. The number of hydrazone groups is 1. The maximum atomic E-state index is 12.5. The van der Waals surface area contributed by atoms with Crippen LogP contribution in [0.15, 0.2) is 52.5 Å². The van der Waals surface area contributed by atoms with Crippen LogP contribution < -0.4 is 4.83 Å². The Kier molecular flexibility index (Phi) is 4.99. The van der Waals surface area contributed by atoms with Crippen molar-refractivity contribution < 1.29 is 13.5 Å². The van der Waals surface area contributed by atoms with E-state index in [2.05, 4.69) is 9.93 Å². The molecular formula is C18H22N2O3S. The van der Waals surface area contributed by atoms with Crippen LogP contribution in [0.25, 0.3) is 0 Å². The van der Waals surface area contributed by atoms with Crippen molar-refractivity contribution in [1.82, 2.24) is 4.83 Å². The Morgan fingerprint density at radius 3 is 2.46 bits per heavy atom. The molecule has 0 saturated carbocycles. The van der Waals surface area contributed by atoms with Gasteiger partial charge in [-0.1, -0.05) is 45.0 Å². The number of phenolic OH excluding ortho intramolecular Hbond substituents is 1. The van der Waals surface area contributed by atoms with Crippen LogP contribution in [0.1, 0.15) is 37.5 Å². The van der Waals surface area contributed by atoms with Crippen molar-refractivity contribution in [2.24, 2.45) is 5.10 Å². The van der Waals surface area contributed by atoms with E-state index >= 15 is 0 Å². The number of phenols is 1. The third-order valence-corrected chi connectivity index (χ3v) is 4.97. The monoisotopic (exact) mass is 346 g/mol.